The third-order valence-corrected chi connectivity index (χ3v) is 4.53. The minimum Gasteiger partial charge on any atom is -0.396 e. The van der Waals surface area contributed by atoms with Crippen LogP contribution in [-0.2, 0) is 6.54 Å². The van der Waals surface area contributed by atoms with Crippen LogP contribution in [-0.4, -0.2) is 30.2 Å². The molecule has 1 fully saturated rings. The van der Waals surface area contributed by atoms with Crippen LogP contribution in [0.4, 0.5) is 0 Å². The second-order valence-electron chi connectivity index (χ2n) is 5.28. The molecule has 0 atom stereocenters. The maximum atomic E-state index is 9.47. The molecular weight excluding hydrogens is 278 g/mol. The summed E-state index contributed by atoms with van der Waals surface area (Å²) in [5, 5.41) is 9.47. The normalized spacial score (nSPS) is 18.1. The summed E-state index contributed by atoms with van der Waals surface area (Å²) in [4.78, 5) is 2.31. The molecule has 1 aliphatic carbocycles. The molecule has 0 saturated heterocycles. The van der Waals surface area contributed by atoms with Crippen molar-refractivity contribution in [1.82, 2.24) is 4.90 Å². The van der Waals surface area contributed by atoms with E-state index in [1.807, 2.05) is 6.07 Å². The molecular formula is C14H20BrNO. The van der Waals surface area contributed by atoms with Crippen molar-refractivity contribution in [3.05, 3.63) is 34.3 Å². The van der Waals surface area contributed by atoms with Gasteiger partial charge in [0, 0.05) is 29.6 Å². The molecule has 17 heavy (non-hydrogen) atoms. The van der Waals surface area contributed by atoms with Gasteiger partial charge in [-0.15, -0.1) is 0 Å². The first-order valence-electron chi connectivity index (χ1n) is 6.18. The number of aliphatic hydroxyl groups is 1. The lowest BCUT2D eigenvalue weighted by molar-refractivity contribution is 0.0127. The molecule has 0 radical (unpaired) electrons. The number of nitrogens with zero attached hydrogens (tertiary/aromatic N) is 1. The van der Waals surface area contributed by atoms with E-state index in [0.29, 0.717) is 6.61 Å². The van der Waals surface area contributed by atoms with Gasteiger partial charge in [-0.05, 0) is 31.5 Å². The molecule has 0 aromatic heterocycles. The highest BCUT2D eigenvalue weighted by Crippen LogP contribution is 2.41. The summed E-state index contributed by atoms with van der Waals surface area (Å²) in [6, 6.07) is 8.33. The number of benzene rings is 1. The first-order valence-corrected chi connectivity index (χ1v) is 6.97. The predicted octanol–water partition coefficient (Wildman–Crippen LogP) is 3.04. The Bertz CT molecular complexity index is 371. The van der Waals surface area contributed by atoms with E-state index in [0.717, 1.165) is 13.1 Å². The maximum absolute atomic E-state index is 9.47. The second kappa shape index (κ2) is 5.51. The van der Waals surface area contributed by atoms with Crippen molar-refractivity contribution in [3.63, 3.8) is 0 Å². The van der Waals surface area contributed by atoms with E-state index >= 15 is 0 Å². The first kappa shape index (κ1) is 13.1. The zero-order chi connectivity index (χ0) is 12.3. The number of hydrogen-bond acceptors (Lipinski definition) is 2. The van der Waals surface area contributed by atoms with Crippen molar-refractivity contribution >= 4 is 15.9 Å². The van der Waals surface area contributed by atoms with Gasteiger partial charge in [0.05, 0.1) is 0 Å². The summed E-state index contributed by atoms with van der Waals surface area (Å²) in [6.07, 6.45) is 3.61. The largest absolute Gasteiger partial charge is 0.396 e. The first-order chi connectivity index (χ1) is 8.15. The van der Waals surface area contributed by atoms with Gasteiger partial charge in [0.1, 0.15) is 0 Å². The van der Waals surface area contributed by atoms with E-state index < -0.39 is 0 Å². The van der Waals surface area contributed by atoms with Gasteiger partial charge >= 0.3 is 0 Å². The Kier molecular flexibility index (Phi) is 4.23. The highest BCUT2D eigenvalue weighted by Gasteiger charge is 2.37. The van der Waals surface area contributed by atoms with Crippen molar-refractivity contribution in [2.24, 2.45) is 5.41 Å². The Balaban J connectivity index is 1.93. The summed E-state index contributed by atoms with van der Waals surface area (Å²) in [7, 11) is 2.13. The van der Waals surface area contributed by atoms with Crippen LogP contribution in [0.2, 0.25) is 0 Å². The molecule has 94 valence electrons. The lowest BCUT2D eigenvalue weighted by atomic mass is 9.69. The van der Waals surface area contributed by atoms with E-state index in [1.165, 1.54) is 29.3 Å². The van der Waals surface area contributed by atoms with Crippen LogP contribution in [0.1, 0.15) is 24.8 Å². The van der Waals surface area contributed by atoms with Crippen molar-refractivity contribution in [2.75, 3.05) is 20.2 Å². The fourth-order valence-electron chi connectivity index (χ4n) is 2.59. The van der Waals surface area contributed by atoms with E-state index in [2.05, 4.69) is 46.1 Å². The average molecular weight is 298 g/mol. The van der Waals surface area contributed by atoms with Gasteiger partial charge < -0.3 is 10.0 Å². The summed E-state index contributed by atoms with van der Waals surface area (Å²) >= 11 is 3.58. The number of aliphatic hydroxyl groups excluding tert-OH is 1. The summed E-state index contributed by atoms with van der Waals surface area (Å²) in [5.41, 5.74) is 1.48. The molecule has 3 heteroatoms. The minimum atomic E-state index is 0.177. The zero-order valence-corrected chi connectivity index (χ0v) is 11.9. The average Bonchev–Trinajstić information content (AvgIpc) is 2.27. The van der Waals surface area contributed by atoms with Crippen molar-refractivity contribution < 1.29 is 5.11 Å². The standard InChI is InChI=1S/C14H20BrNO/c1-16(10-14(11-17)7-4-8-14)9-12-5-2-3-6-13(12)15/h2-3,5-6,17H,4,7-11H2,1H3. The van der Waals surface area contributed by atoms with Gasteiger partial charge in [0.2, 0.25) is 0 Å². The zero-order valence-electron chi connectivity index (χ0n) is 10.3. The van der Waals surface area contributed by atoms with E-state index in [4.69, 9.17) is 0 Å². The highest BCUT2D eigenvalue weighted by atomic mass is 79.9. The number of rotatable bonds is 5. The van der Waals surface area contributed by atoms with Crippen LogP contribution < -0.4 is 0 Å². The Hall–Kier alpha value is -0.380. The van der Waals surface area contributed by atoms with E-state index in [9.17, 15) is 5.11 Å². The third kappa shape index (κ3) is 3.09. The van der Waals surface area contributed by atoms with Gasteiger partial charge in [0.25, 0.3) is 0 Å². The smallest absolute Gasteiger partial charge is 0.0499 e. The minimum absolute atomic E-state index is 0.177. The molecule has 0 amide bonds. The molecule has 0 spiro atoms. The molecule has 1 N–H and O–H groups in total. The Morgan fingerprint density at radius 3 is 2.59 bits per heavy atom. The van der Waals surface area contributed by atoms with Crippen LogP contribution in [0.15, 0.2) is 28.7 Å². The fourth-order valence-corrected chi connectivity index (χ4v) is 3.00. The topological polar surface area (TPSA) is 23.5 Å². The van der Waals surface area contributed by atoms with Crippen LogP contribution in [0.25, 0.3) is 0 Å². The molecule has 1 aromatic rings. The molecule has 0 bridgehead atoms. The quantitative estimate of drug-likeness (QED) is 0.903. The van der Waals surface area contributed by atoms with Crippen molar-refractivity contribution in [1.29, 1.82) is 0 Å². The van der Waals surface area contributed by atoms with E-state index in [1.54, 1.807) is 0 Å². The maximum Gasteiger partial charge on any atom is 0.0499 e. The van der Waals surface area contributed by atoms with Crippen LogP contribution >= 0.6 is 15.9 Å². The van der Waals surface area contributed by atoms with Gasteiger partial charge in [-0.3, -0.25) is 0 Å². The van der Waals surface area contributed by atoms with Gasteiger partial charge in [-0.1, -0.05) is 40.5 Å². The van der Waals surface area contributed by atoms with Crippen molar-refractivity contribution in [3.8, 4) is 0 Å². The van der Waals surface area contributed by atoms with Gasteiger partial charge in [-0.25, -0.2) is 0 Å². The Morgan fingerprint density at radius 2 is 2.06 bits per heavy atom. The lowest BCUT2D eigenvalue weighted by Gasteiger charge is -2.43. The molecule has 2 rings (SSSR count). The predicted molar refractivity (Wildman–Crippen MR) is 73.8 cm³/mol. The van der Waals surface area contributed by atoms with Crippen LogP contribution in [0, 0.1) is 5.41 Å². The summed E-state index contributed by atoms with van der Waals surface area (Å²) < 4.78 is 1.17. The fraction of sp³-hybridized carbons (Fsp3) is 0.571. The number of hydrogen-bond donors (Lipinski definition) is 1. The second-order valence-corrected chi connectivity index (χ2v) is 6.13. The molecule has 2 nitrogen and oxygen atoms in total. The highest BCUT2D eigenvalue weighted by molar-refractivity contribution is 9.10. The summed E-state index contributed by atoms with van der Waals surface area (Å²) in [5.74, 6) is 0. The molecule has 1 saturated carbocycles. The van der Waals surface area contributed by atoms with Crippen molar-refractivity contribution in [2.45, 2.75) is 25.8 Å². The molecule has 1 aromatic carbocycles. The van der Waals surface area contributed by atoms with Crippen LogP contribution in [0.3, 0.4) is 0 Å². The van der Waals surface area contributed by atoms with Gasteiger partial charge in [-0.2, -0.15) is 0 Å². The molecule has 1 aliphatic rings. The Morgan fingerprint density at radius 1 is 1.35 bits per heavy atom. The molecule has 0 heterocycles. The molecule has 0 unspecified atom stereocenters. The monoisotopic (exact) mass is 297 g/mol. The summed E-state index contributed by atoms with van der Waals surface area (Å²) in [6.45, 7) is 2.25. The van der Waals surface area contributed by atoms with E-state index in [-0.39, 0.29) is 5.41 Å². The lowest BCUT2D eigenvalue weighted by Crippen LogP contribution is -2.43. The van der Waals surface area contributed by atoms with Crippen LogP contribution in [0.5, 0.6) is 0 Å². The SMILES string of the molecule is CN(Cc1ccccc1Br)CC1(CO)CCC1. The Labute approximate surface area is 112 Å². The molecule has 0 aliphatic heterocycles. The number of halogens is 1. The van der Waals surface area contributed by atoms with Gasteiger partial charge in [0.15, 0.2) is 0 Å². The third-order valence-electron chi connectivity index (χ3n) is 3.75.